The van der Waals surface area contributed by atoms with Gasteiger partial charge in [-0.3, -0.25) is 4.79 Å². The fourth-order valence-corrected chi connectivity index (χ4v) is 3.74. The van der Waals surface area contributed by atoms with Crippen molar-refractivity contribution in [2.24, 2.45) is 0 Å². The summed E-state index contributed by atoms with van der Waals surface area (Å²) in [5, 5.41) is 4.70. The van der Waals surface area contributed by atoms with E-state index in [2.05, 4.69) is 15.2 Å². The quantitative estimate of drug-likeness (QED) is 0.927. The Morgan fingerprint density at radius 3 is 2.62 bits per heavy atom. The van der Waals surface area contributed by atoms with E-state index in [-0.39, 0.29) is 11.7 Å². The highest BCUT2D eigenvalue weighted by atomic mass is 32.1. The number of hydrogen-bond acceptors (Lipinski definition) is 6. The lowest BCUT2D eigenvalue weighted by Crippen LogP contribution is -2.45. The molecule has 1 amide bonds. The van der Waals surface area contributed by atoms with Crippen LogP contribution in [0.4, 0.5) is 11.5 Å². The van der Waals surface area contributed by atoms with Gasteiger partial charge in [0.1, 0.15) is 5.82 Å². The molecule has 7 heteroatoms. The number of carbonyl (C=O) groups excluding carboxylic acids is 1. The van der Waals surface area contributed by atoms with Gasteiger partial charge in [0.25, 0.3) is 5.91 Å². The Kier molecular flexibility index (Phi) is 4.22. The van der Waals surface area contributed by atoms with Crippen LogP contribution >= 0.6 is 11.3 Å². The molecule has 2 aromatic heterocycles. The largest absolute Gasteiger partial charge is 0.370 e. The van der Waals surface area contributed by atoms with Gasteiger partial charge in [0.05, 0.1) is 30.0 Å². The minimum absolute atomic E-state index is 0.124. The number of hydrogen-bond donors (Lipinski definition) is 1. The number of ether oxygens (including phenoxy) is 2. The Morgan fingerprint density at radius 2 is 2.00 bits per heavy atom. The van der Waals surface area contributed by atoms with Gasteiger partial charge >= 0.3 is 0 Å². The van der Waals surface area contributed by atoms with Crippen LogP contribution in [0.2, 0.25) is 0 Å². The summed E-state index contributed by atoms with van der Waals surface area (Å²) in [7, 11) is 0. The van der Waals surface area contributed by atoms with E-state index in [1.807, 2.05) is 23.6 Å². The van der Waals surface area contributed by atoms with Crippen LogP contribution in [0.3, 0.4) is 0 Å². The van der Waals surface area contributed by atoms with E-state index >= 15 is 0 Å². The van der Waals surface area contributed by atoms with Gasteiger partial charge in [0.15, 0.2) is 5.79 Å². The molecule has 0 radical (unpaired) electrons. The van der Waals surface area contributed by atoms with Gasteiger partial charge in [0.2, 0.25) is 0 Å². The van der Waals surface area contributed by atoms with Crippen LogP contribution in [0.25, 0.3) is 0 Å². The lowest BCUT2D eigenvalue weighted by atomic mass is 10.0. The minimum atomic E-state index is -0.363. The third-order valence-electron chi connectivity index (χ3n) is 4.44. The van der Waals surface area contributed by atoms with Crippen LogP contribution in [-0.2, 0) is 9.47 Å². The summed E-state index contributed by atoms with van der Waals surface area (Å²) in [6.07, 6.45) is 3.53. The van der Waals surface area contributed by atoms with Crippen molar-refractivity contribution in [1.82, 2.24) is 4.98 Å². The minimum Gasteiger partial charge on any atom is -0.370 e. The average Bonchev–Trinajstić information content (AvgIpc) is 3.29. The molecule has 2 saturated heterocycles. The Bertz CT molecular complexity index is 686. The van der Waals surface area contributed by atoms with Crippen molar-refractivity contribution in [3.05, 3.63) is 40.7 Å². The number of rotatable bonds is 3. The van der Waals surface area contributed by atoms with Gasteiger partial charge < -0.3 is 19.7 Å². The molecule has 6 nitrogen and oxygen atoms in total. The summed E-state index contributed by atoms with van der Waals surface area (Å²) < 4.78 is 11.5. The molecular weight excluding hydrogens is 326 g/mol. The second-order valence-electron chi connectivity index (χ2n) is 5.93. The lowest BCUT2D eigenvalue weighted by Gasteiger charge is -2.38. The summed E-state index contributed by atoms with van der Waals surface area (Å²) in [4.78, 5) is 19.3. The number of piperidine rings is 1. The van der Waals surface area contributed by atoms with Crippen LogP contribution in [0, 0.1) is 0 Å². The van der Waals surface area contributed by atoms with Gasteiger partial charge in [-0.2, -0.15) is 0 Å². The molecule has 4 rings (SSSR count). The normalized spacial score (nSPS) is 19.6. The SMILES string of the molecule is O=C(Nc1ccc(N2CCC3(CC2)OCCO3)cn1)c1cccs1. The van der Waals surface area contributed by atoms with Crippen molar-refractivity contribution in [1.29, 1.82) is 0 Å². The third kappa shape index (κ3) is 3.15. The Morgan fingerprint density at radius 1 is 1.21 bits per heavy atom. The number of thiophene rings is 1. The monoisotopic (exact) mass is 345 g/mol. The number of aromatic nitrogens is 1. The zero-order valence-corrected chi connectivity index (χ0v) is 14.1. The fourth-order valence-electron chi connectivity index (χ4n) is 3.12. The maximum atomic E-state index is 12.0. The molecule has 4 heterocycles. The van der Waals surface area contributed by atoms with Crippen LogP contribution in [0.5, 0.6) is 0 Å². The topological polar surface area (TPSA) is 63.7 Å². The highest BCUT2D eigenvalue weighted by Crippen LogP contribution is 2.33. The third-order valence-corrected chi connectivity index (χ3v) is 5.31. The maximum absolute atomic E-state index is 12.0. The Balaban J connectivity index is 1.37. The van der Waals surface area contributed by atoms with E-state index in [0.717, 1.165) is 31.6 Å². The summed E-state index contributed by atoms with van der Waals surface area (Å²) in [6, 6.07) is 7.49. The van der Waals surface area contributed by atoms with E-state index < -0.39 is 0 Å². The predicted molar refractivity (Wildman–Crippen MR) is 92.6 cm³/mol. The van der Waals surface area contributed by atoms with Gasteiger partial charge in [-0.05, 0) is 23.6 Å². The summed E-state index contributed by atoms with van der Waals surface area (Å²) in [6.45, 7) is 3.14. The molecule has 0 aliphatic carbocycles. The highest BCUT2D eigenvalue weighted by Gasteiger charge is 2.39. The molecule has 2 fully saturated rings. The second kappa shape index (κ2) is 6.51. The summed E-state index contributed by atoms with van der Waals surface area (Å²) in [5.41, 5.74) is 1.05. The van der Waals surface area contributed by atoms with Gasteiger partial charge in [-0.25, -0.2) is 4.98 Å². The Labute approximate surface area is 144 Å². The summed E-state index contributed by atoms with van der Waals surface area (Å²) in [5.74, 6) is 0.0761. The first-order valence-electron chi connectivity index (χ1n) is 8.08. The molecule has 1 N–H and O–H groups in total. The van der Waals surface area contributed by atoms with Gasteiger partial charge in [-0.15, -0.1) is 11.3 Å². The molecule has 126 valence electrons. The van der Waals surface area contributed by atoms with E-state index in [1.165, 1.54) is 11.3 Å². The number of nitrogens with one attached hydrogen (secondary N) is 1. The van der Waals surface area contributed by atoms with Crippen LogP contribution < -0.4 is 10.2 Å². The molecule has 2 aromatic rings. The first-order chi connectivity index (χ1) is 11.7. The van der Waals surface area contributed by atoms with Crippen molar-refractivity contribution < 1.29 is 14.3 Å². The van der Waals surface area contributed by atoms with Crippen LogP contribution in [-0.4, -0.2) is 43.0 Å². The number of nitrogens with zero attached hydrogens (tertiary/aromatic N) is 2. The van der Waals surface area contributed by atoms with Crippen molar-refractivity contribution in [3.8, 4) is 0 Å². The molecule has 0 saturated carbocycles. The molecule has 2 aliphatic rings. The van der Waals surface area contributed by atoms with Crippen molar-refractivity contribution >= 4 is 28.7 Å². The number of anilines is 2. The highest BCUT2D eigenvalue weighted by molar-refractivity contribution is 7.12. The first-order valence-corrected chi connectivity index (χ1v) is 8.96. The van der Waals surface area contributed by atoms with Crippen molar-refractivity contribution in [2.75, 3.05) is 36.5 Å². The van der Waals surface area contributed by atoms with E-state index in [4.69, 9.17) is 9.47 Å². The molecule has 0 bridgehead atoms. The van der Waals surface area contributed by atoms with Crippen LogP contribution in [0.15, 0.2) is 35.8 Å². The van der Waals surface area contributed by atoms with E-state index in [1.54, 1.807) is 12.3 Å². The molecule has 0 atom stereocenters. The van der Waals surface area contributed by atoms with E-state index in [9.17, 15) is 4.79 Å². The number of amides is 1. The Hall–Kier alpha value is -1.96. The average molecular weight is 345 g/mol. The molecular formula is C17H19N3O3S. The summed E-state index contributed by atoms with van der Waals surface area (Å²) >= 11 is 1.41. The standard InChI is InChI=1S/C17H19N3O3S/c21-16(14-2-1-11-24-14)19-15-4-3-13(12-18-15)20-7-5-17(6-8-20)22-9-10-23-17/h1-4,11-12H,5-10H2,(H,18,19,21). The second-order valence-corrected chi connectivity index (χ2v) is 6.88. The van der Waals surface area contributed by atoms with Gasteiger partial charge in [0, 0.05) is 25.9 Å². The van der Waals surface area contributed by atoms with E-state index in [0.29, 0.717) is 23.9 Å². The van der Waals surface area contributed by atoms with Crippen molar-refractivity contribution in [2.45, 2.75) is 18.6 Å². The maximum Gasteiger partial charge on any atom is 0.266 e. The lowest BCUT2D eigenvalue weighted by molar-refractivity contribution is -0.169. The van der Waals surface area contributed by atoms with Gasteiger partial charge in [-0.1, -0.05) is 6.07 Å². The predicted octanol–water partition coefficient (Wildman–Crippen LogP) is 2.74. The molecule has 0 unspecified atom stereocenters. The molecule has 2 aliphatic heterocycles. The number of carbonyl (C=O) groups is 1. The number of pyridine rings is 1. The smallest absolute Gasteiger partial charge is 0.266 e. The zero-order chi connectivity index (χ0) is 16.4. The van der Waals surface area contributed by atoms with Crippen molar-refractivity contribution in [3.63, 3.8) is 0 Å². The molecule has 1 spiro atoms. The molecule has 24 heavy (non-hydrogen) atoms. The molecule has 0 aromatic carbocycles. The van der Waals surface area contributed by atoms with Crippen LogP contribution in [0.1, 0.15) is 22.5 Å². The zero-order valence-electron chi connectivity index (χ0n) is 13.2. The first kappa shape index (κ1) is 15.6. The fraction of sp³-hybridized carbons (Fsp3) is 0.412.